The van der Waals surface area contributed by atoms with Crippen LogP contribution in [-0.2, 0) is 13.6 Å². The number of hydrogen-bond donors (Lipinski definition) is 0. The van der Waals surface area contributed by atoms with Crippen LogP contribution in [0, 0.1) is 5.92 Å². The second kappa shape index (κ2) is 5.15. The molecule has 1 aliphatic carbocycles. The number of aryl methyl sites for hydroxylation is 1. The quantitative estimate of drug-likeness (QED) is 0.859. The maximum atomic E-state index is 6.11. The Hall–Kier alpha value is -1.88. The highest BCUT2D eigenvalue weighted by atomic mass is 16.5. The van der Waals surface area contributed by atoms with Gasteiger partial charge in [-0.3, -0.25) is 14.6 Å². The Morgan fingerprint density at radius 1 is 1.33 bits per heavy atom. The van der Waals surface area contributed by atoms with Crippen molar-refractivity contribution < 1.29 is 4.74 Å². The van der Waals surface area contributed by atoms with E-state index in [-0.39, 0.29) is 0 Å². The summed E-state index contributed by atoms with van der Waals surface area (Å²) in [6.45, 7) is 2.14. The zero-order valence-electron chi connectivity index (χ0n) is 12.2. The van der Waals surface area contributed by atoms with Crippen molar-refractivity contribution >= 4 is 0 Å². The van der Waals surface area contributed by atoms with Gasteiger partial charge in [0.15, 0.2) is 0 Å². The molecule has 1 saturated carbocycles. The van der Waals surface area contributed by atoms with Crippen LogP contribution in [0.5, 0.6) is 5.75 Å². The number of fused-ring (bicyclic) bond motifs is 2. The number of aromatic nitrogens is 3. The second-order valence-electron chi connectivity index (χ2n) is 6.18. The van der Waals surface area contributed by atoms with Crippen molar-refractivity contribution in [2.75, 3.05) is 6.54 Å². The molecule has 1 aliphatic heterocycles. The van der Waals surface area contributed by atoms with Gasteiger partial charge >= 0.3 is 0 Å². The predicted molar refractivity (Wildman–Crippen MR) is 78.8 cm³/mol. The van der Waals surface area contributed by atoms with E-state index >= 15 is 0 Å². The zero-order valence-corrected chi connectivity index (χ0v) is 12.2. The van der Waals surface area contributed by atoms with Gasteiger partial charge in [-0.05, 0) is 18.6 Å². The molecular formula is C16H20N4O. The first kappa shape index (κ1) is 12.8. The Kier molecular flexibility index (Phi) is 3.15. The van der Waals surface area contributed by atoms with Crippen LogP contribution < -0.4 is 4.74 Å². The van der Waals surface area contributed by atoms with Gasteiger partial charge in [-0.25, -0.2) is 0 Å². The molecular weight excluding hydrogens is 264 g/mol. The third-order valence-electron chi connectivity index (χ3n) is 4.66. The molecule has 2 aromatic rings. The first-order chi connectivity index (χ1) is 10.3. The van der Waals surface area contributed by atoms with Crippen LogP contribution in [-0.4, -0.2) is 38.4 Å². The summed E-state index contributed by atoms with van der Waals surface area (Å²) < 4.78 is 7.98. The molecule has 110 valence electrons. The third-order valence-corrected chi connectivity index (χ3v) is 4.66. The van der Waals surface area contributed by atoms with E-state index in [1.54, 1.807) is 12.4 Å². The van der Waals surface area contributed by atoms with Gasteiger partial charge in [0, 0.05) is 56.5 Å². The fourth-order valence-corrected chi connectivity index (χ4v) is 3.72. The minimum absolute atomic E-state index is 0.351. The third kappa shape index (κ3) is 2.53. The molecule has 0 amide bonds. The zero-order chi connectivity index (χ0) is 14.2. The summed E-state index contributed by atoms with van der Waals surface area (Å²) in [5, 5.41) is 4.25. The first-order valence-electron chi connectivity index (χ1n) is 7.56. The van der Waals surface area contributed by atoms with Crippen LogP contribution in [0.25, 0.3) is 0 Å². The van der Waals surface area contributed by atoms with Crippen LogP contribution in [0.1, 0.15) is 18.4 Å². The number of ether oxygens (including phenoxy) is 1. The molecule has 3 heterocycles. The van der Waals surface area contributed by atoms with E-state index in [0.29, 0.717) is 18.1 Å². The van der Waals surface area contributed by atoms with E-state index in [2.05, 4.69) is 21.2 Å². The molecule has 0 radical (unpaired) electrons. The van der Waals surface area contributed by atoms with Gasteiger partial charge in [0.25, 0.3) is 0 Å². The highest BCUT2D eigenvalue weighted by Gasteiger charge is 2.45. The highest BCUT2D eigenvalue weighted by Crippen LogP contribution is 2.40. The number of piperidine rings is 1. The predicted octanol–water partition coefficient (Wildman–Crippen LogP) is 1.86. The Labute approximate surface area is 124 Å². The SMILES string of the molecule is Cn1cc(CN2CC3CC2C[C@H]3Oc2cccnc2)cn1. The molecule has 0 aromatic carbocycles. The number of likely N-dealkylation sites (tertiary alicyclic amines) is 1. The van der Waals surface area contributed by atoms with Crippen LogP contribution in [0.15, 0.2) is 36.9 Å². The highest BCUT2D eigenvalue weighted by molar-refractivity contribution is 5.17. The van der Waals surface area contributed by atoms with E-state index in [9.17, 15) is 0 Å². The van der Waals surface area contributed by atoms with Crippen LogP contribution in [0.4, 0.5) is 0 Å². The van der Waals surface area contributed by atoms with Crippen molar-refractivity contribution in [3.63, 3.8) is 0 Å². The lowest BCUT2D eigenvalue weighted by molar-refractivity contribution is 0.0887. The summed E-state index contributed by atoms with van der Waals surface area (Å²) in [4.78, 5) is 6.69. The summed E-state index contributed by atoms with van der Waals surface area (Å²) in [7, 11) is 1.97. The van der Waals surface area contributed by atoms with Gasteiger partial charge in [0.2, 0.25) is 0 Å². The van der Waals surface area contributed by atoms with Gasteiger partial charge in [0.1, 0.15) is 11.9 Å². The molecule has 0 N–H and O–H groups in total. The van der Waals surface area contributed by atoms with Crippen molar-refractivity contribution in [3.8, 4) is 5.75 Å². The Morgan fingerprint density at radius 3 is 2.95 bits per heavy atom. The summed E-state index contributed by atoms with van der Waals surface area (Å²) >= 11 is 0. The number of nitrogens with zero attached hydrogens (tertiary/aromatic N) is 4. The molecule has 2 unspecified atom stereocenters. The van der Waals surface area contributed by atoms with Crippen molar-refractivity contribution in [3.05, 3.63) is 42.5 Å². The summed E-state index contributed by atoms with van der Waals surface area (Å²) in [6, 6.07) is 4.57. The smallest absolute Gasteiger partial charge is 0.138 e. The molecule has 2 aliphatic rings. The molecule has 3 atom stereocenters. The van der Waals surface area contributed by atoms with Gasteiger partial charge < -0.3 is 4.74 Å². The molecule has 2 fully saturated rings. The minimum atomic E-state index is 0.351. The lowest BCUT2D eigenvalue weighted by Crippen LogP contribution is -2.39. The van der Waals surface area contributed by atoms with Crippen LogP contribution >= 0.6 is 0 Å². The van der Waals surface area contributed by atoms with E-state index in [1.165, 1.54) is 12.0 Å². The maximum absolute atomic E-state index is 6.11. The summed E-state index contributed by atoms with van der Waals surface area (Å²) in [5.41, 5.74) is 1.30. The van der Waals surface area contributed by atoms with Gasteiger partial charge in [-0.2, -0.15) is 5.10 Å². The molecule has 4 rings (SSSR count). The van der Waals surface area contributed by atoms with Crippen molar-refractivity contribution in [2.24, 2.45) is 13.0 Å². The summed E-state index contributed by atoms with van der Waals surface area (Å²) in [5.74, 6) is 1.54. The number of rotatable bonds is 4. The molecule has 1 saturated heterocycles. The van der Waals surface area contributed by atoms with Crippen LogP contribution in [0.2, 0.25) is 0 Å². The maximum Gasteiger partial charge on any atom is 0.138 e. The standard InChI is InChI=1S/C16H20N4O/c1-19-9-12(7-18-19)10-20-11-13-5-14(20)6-16(13)21-15-3-2-4-17-8-15/h2-4,7-9,13-14,16H,5-6,10-11H2,1H3/t13?,14?,16-/m1/s1. The topological polar surface area (TPSA) is 43.2 Å². The molecule has 2 aromatic heterocycles. The molecule has 0 spiro atoms. The van der Waals surface area contributed by atoms with Crippen molar-refractivity contribution in [1.29, 1.82) is 0 Å². The van der Waals surface area contributed by atoms with E-state index < -0.39 is 0 Å². The Morgan fingerprint density at radius 2 is 2.29 bits per heavy atom. The van der Waals surface area contributed by atoms with Gasteiger partial charge in [-0.15, -0.1) is 0 Å². The Bertz CT molecular complexity index is 612. The van der Waals surface area contributed by atoms with E-state index in [0.717, 1.165) is 25.3 Å². The van der Waals surface area contributed by atoms with E-state index in [4.69, 9.17) is 4.74 Å². The molecule has 2 bridgehead atoms. The lowest BCUT2D eigenvalue weighted by atomic mass is 10.1. The lowest BCUT2D eigenvalue weighted by Gasteiger charge is -2.31. The van der Waals surface area contributed by atoms with Gasteiger partial charge in [0.05, 0.1) is 12.4 Å². The number of pyridine rings is 1. The van der Waals surface area contributed by atoms with Crippen molar-refractivity contribution in [2.45, 2.75) is 31.5 Å². The first-order valence-corrected chi connectivity index (χ1v) is 7.56. The van der Waals surface area contributed by atoms with Crippen molar-refractivity contribution in [1.82, 2.24) is 19.7 Å². The number of hydrogen-bond acceptors (Lipinski definition) is 4. The Balaban J connectivity index is 1.37. The second-order valence-corrected chi connectivity index (χ2v) is 6.18. The molecule has 21 heavy (non-hydrogen) atoms. The largest absolute Gasteiger partial charge is 0.488 e. The molecule has 5 heteroatoms. The van der Waals surface area contributed by atoms with Gasteiger partial charge in [-0.1, -0.05) is 0 Å². The average Bonchev–Trinajstić information content (AvgIpc) is 3.17. The normalized spacial score (nSPS) is 28.1. The average molecular weight is 284 g/mol. The molecule has 5 nitrogen and oxygen atoms in total. The van der Waals surface area contributed by atoms with Crippen LogP contribution in [0.3, 0.4) is 0 Å². The fourth-order valence-electron chi connectivity index (χ4n) is 3.72. The fraction of sp³-hybridized carbons (Fsp3) is 0.500. The monoisotopic (exact) mass is 284 g/mol. The minimum Gasteiger partial charge on any atom is -0.488 e. The van der Waals surface area contributed by atoms with E-state index in [1.807, 2.05) is 30.1 Å². The summed E-state index contributed by atoms with van der Waals surface area (Å²) in [6.07, 6.45) is 10.4.